The first kappa shape index (κ1) is 20.4. The van der Waals surface area contributed by atoms with Gasteiger partial charge < -0.3 is 5.73 Å². The van der Waals surface area contributed by atoms with E-state index in [1.807, 2.05) is 19.4 Å². The van der Waals surface area contributed by atoms with Gasteiger partial charge in [0.25, 0.3) is 0 Å². The Labute approximate surface area is 157 Å². The molecule has 0 aliphatic carbocycles. The molecule has 5 nitrogen and oxygen atoms in total. The summed E-state index contributed by atoms with van der Waals surface area (Å²) in [5.74, 6) is 0.808. The van der Waals surface area contributed by atoms with E-state index in [9.17, 15) is 13.2 Å². The molecule has 0 saturated carbocycles. The fraction of sp³-hybridized carbons (Fsp3) is 0.312. The monoisotopic (exact) mass is 401 g/mol. The number of hydrogen-bond donors (Lipinski definition) is 1. The van der Waals surface area contributed by atoms with Crippen LogP contribution in [0.25, 0.3) is 17.0 Å². The molecule has 0 aromatic carbocycles. The molecule has 0 fully saturated rings. The summed E-state index contributed by atoms with van der Waals surface area (Å²) in [6.45, 7) is 1.98. The summed E-state index contributed by atoms with van der Waals surface area (Å²) in [7, 11) is 0. The van der Waals surface area contributed by atoms with Crippen LogP contribution in [0.15, 0.2) is 35.6 Å². The van der Waals surface area contributed by atoms with Gasteiger partial charge in [-0.2, -0.15) is 30.0 Å². The van der Waals surface area contributed by atoms with Gasteiger partial charge in [-0.3, -0.25) is 4.98 Å². The number of thioether (sulfide) groups is 2. The van der Waals surface area contributed by atoms with Crippen molar-refractivity contribution in [1.29, 1.82) is 0 Å². The fourth-order valence-electron chi connectivity index (χ4n) is 2.06. The maximum atomic E-state index is 12.7. The van der Waals surface area contributed by atoms with E-state index in [0.29, 0.717) is 17.1 Å². The van der Waals surface area contributed by atoms with Crippen molar-refractivity contribution in [2.24, 2.45) is 0 Å². The summed E-state index contributed by atoms with van der Waals surface area (Å²) in [6, 6.07) is 2.73. The first-order chi connectivity index (χ1) is 12.3. The minimum Gasteiger partial charge on any atom is -0.397 e. The molecule has 0 bridgehead atoms. The highest BCUT2D eigenvalue weighted by Gasteiger charge is 2.31. The molecule has 10 heteroatoms. The smallest absolute Gasteiger partial charge is 0.397 e. The number of nitrogen functional groups attached to an aromatic ring is 1. The Bertz CT molecular complexity index is 880. The Balaban J connectivity index is 0.000000758. The number of hydrogen-bond acceptors (Lipinski definition) is 6. The molecule has 3 heterocycles. The number of nitrogens with two attached hydrogens (primary N) is 1. The lowest BCUT2D eigenvalue weighted by atomic mass is 10.3. The summed E-state index contributed by atoms with van der Waals surface area (Å²) in [4.78, 5) is 9.30. The van der Waals surface area contributed by atoms with Crippen LogP contribution in [0.4, 0.5) is 18.9 Å². The van der Waals surface area contributed by atoms with Gasteiger partial charge in [0.1, 0.15) is 11.4 Å². The first-order valence-corrected chi connectivity index (χ1v) is 10.1. The molecular formula is C16H18F3N5S2. The van der Waals surface area contributed by atoms with Gasteiger partial charge in [0.2, 0.25) is 0 Å². The van der Waals surface area contributed by atoms with Crippen LogP contribution in [-0.4, -0.2) is 37.8 Å². The Morgan fingerprint density at radius 1 is 1.19 bits per heavy atom. The van der Waals surface area contributed by atoms with Gasteiger partial charge in [-0.05, 0) is 30.4 Å². The summed E-state index contributed by atoms with van der Waals surface area (Å²) >= 11 is 3.29. The highest BCUT2D eigenvalue weighted by molar-refractivity contribution is 7.99. The zero-order valence-electron chi connectivity index (χ0n) is 14.4. The Morgan fingerprint density at radius 2 is 1.88 bits per heavy atom. The minimum atomic E-state index is -4.45. The van der Waals surface area contributed by atoms with Gasteiger partial charge in [0.15, 0.2) is 5.65 Å². The molecule has 0 amide bonds. The number of fused-ring (bicyclic) bond motifs is 1. The van der Waals surface area contributed by atoms with Crippen molar-refractivity contribution in [2.45, 2.75) is 18.0 Å². The molecule has 0 aliphatic heterocycles. The number of aromatic nitrogens is 4. The summed E-state index contributed by atoms with van der Waals surface area (Å²) in [6.07, 6.45) is 3.45. The number of anilines is 1. The number of nitrogens with zero attached hydrogens (tertiary/aromatic N) is 4. The number of alkyl halides is 3. The van der Waals surface area contributed by atoms with E-state index < -0.39 is 11.7 Å². The van der Waals surface area contributed by atoms with Crippen LogP contribution in [0.2, 0.25) is 0 Å². The van der Waals surface area contributed by atoms with Crippen molar-refractivity contribution in [3.63, 3.8) is 0 Å². The lowest BCUT2D eigenvalue weighted by Crippen LogP contribution is -2.06. The van der Waals surface area contributed by atoms with Crippen molar-refractivity contribution >= 4 is 34.9 Å². The summed E-state index contributed by atoms with van der Waals surface area (Å²) in [5.41, 5.74) is 6.56. The van der Waals surface area contributed by atoms with Gasteiger partial charge >= 0.3 is 6.18 Å². The number of imidazole rings is 1. The van der Waals surface area contributed by atoms with E-state index in [1.54, 1.807) is 24.0 Å². The predicted molar refractivity (Wildman–Crippen MR) is 101 cm³/mol. The number of halogens is 3. The Kier molecular flexibility index (Phi) is 6.76. The van der Waals surface area contributed by atoms with Crippen LogP contribution in [0.3, 0.4) is 0 Å². The maximum Gasteiger partial charge on any atom is 0.418 e. The highest BCUT2D eigenvalue weighted by atomic mass is 32.2. The lowest BCUT2D eigenvalue weighted by Gasteiger charge is -2.05. The van der Waals surface area contributed by atoms with E-state index in [0.717, 1.165) is 22.9 Å². The molecule has 26 heavy (non-hydrogen) atoms. The fourth-order valence-corrected chi connectivity index (χ4v) is 2.89. The van der Waals surface area contributed by atoms with E-state index >= 15 is 0 Å². The third kappa shape index (κ3) is 4.82. The van der Waals surface area contributed by atoms with Crippen LogP contribution in [0, 0.1) is 0 Å². The van der Waals surface area contributed by atoms with Crippen LogP contribution < -0.4 is 5.73 Å². The van der Waals surface area contributed by atoms with Crippen LogP contribution >= 0.6 is 23.5 Å². The second-order valence-corrected chi connectivity index (χ2v) is 7.25. The molecule has 3 rings (SSSR count). The van der Waals surface area contributed by atoms with Gasteiger partial charge in [0.05, 0.1) is 29.8 Å². The quantitative estimate of drug-likeness (QED) is 0.653. The van der Waals surface area contributed by atoms with E-state index in [1.165, 1.54) is 22.5 Å². The van der Waals surface area contributed by atoms with E-state index in [4.69, 9.17) is 5.73 Å². The van der Waals surface area contributed by atoms with Crippen molar-refractivity contribution in [1.82, 2.24) is 19.6 Å². The highest BCUT2D eigenvalue weighted by Crippen LogP contribution is 2.32. The van der Waals surface area contributed by atoms with Gasteiger partial charge in [0, 0.05) is 4.90 Å². The topological polar surface area (TPSA) is 69.1 Å². The standard InChI is InChI=1S/C14H12F3N5S.C2H6S/c1-2-23-11-4-9(18)6-19-13(11)10-7-22-12(21-10)3-8(5-20-22)14(15,16)17;1-3-2/h3-7H,2,18H2,1H3;1-2H3. The molecule has 0 spiro atoms. The summed E-state index contributed by atoms with van der Waals surface area (Å²) in [5, 5.41) is 3.76. The first-order valence-electron chi connectivity index (χ1n) is 7.51. The van der Waals surface area contributed by atoms with Crippen molar-refractivity contribution in [3.05, 3.63) is 36.3 Å². The molecule has 0 saturated heterocycles. The van der Waals surface area contributed by atoms with Crippen LogP contribution in [0.1, 0.15) is 12.5 Å². The largest absolute Gasteiger partial charge is 0.418 e. The minimum absolute atomic E-state index is 0.112. The predicted octanol–water partition coefficient (Wildman–Crippen LogP) is 4.48. The van der Waals surface area contributed by atoms with E-state index in [2.05, 4.69) is 15.1 Å². The normalized spacial score (nSPS) is 11.3. The van der Waals surface area contributed by atoms with Gasteiger partial charge in [-0.15, -0.1) is 11.8 Å². The molecule has 0 unspecified atom stereocenters. The molecule has 140 valence electrons. The second kappa shape index (κ2) is 8.63. The molecule has 0 aliphatic rings. The second-order valence-electron chi connectivity index (χ2n) is 5.13. The third-order valence-electron chi connectivity index (χ3n) is 3.06. The van der Waals surface area contributed by atoms with Crippen molar-refractivity contribution < 1.29 is 13.2 Å². The summed E-state index contributed by atoms with van der Waals surface area (Å²) < 4.78 is 39.5. The van der Waals surface area contributed by atoms with E-state index in [-0.39, 0.29) is 5.65 Å². The van der Waals surface area contributed by atoms with Gasteiger partial charge in [-0.25, -0.2) is 9.50 Å². The number of rotatable bonds is 3. The average molecular weight is 401 g/mol. The molecule has 0 radical (unpaired) electrons. The average Bonchev–Trinajstić information content (AvgIpc) is 2.98. The molecule has 0 atom stereocenters. The third-order valence-corrected chi connectivity index (χ3v) is 3.97. The molecular weight excluding hydrogens is 383 g/mol. The number of pyridine rings is 1. The van der Waals surface area contributed by atoms with Gasteiger partial charge in [-0.1, -0.05) is 6.92 Å². The Morgan fingerprint density at radius 3 is 2.50 bits per heavy atom. The van der Waals surface area contributed by atoms with Crippen LogP contribution in [0.5, 0.6) is 0 Å². The molecule has 2 N–H and O–H groups in total. The Hall–Kier alpha value is -1.94. The van der Waals surface area contributed by atoms with Crippen molar-refractivity contribution in [2.75, 3.05) is 24.0 Å². The van der Waals surface area contributed by atoms with Crippen molar-refractivity contribution in [3.8, 4) is 11.4 Å². The molecule has 3 aromatic heterocycles. The lowest BCUT2D eigenvalue weighted by molar-refractivity contribution is -0.137. The van der Waals surface area contributed by atoms with Crippen LogP contribution in [-0.2, 0) is 6.18 Å². The SMILES string of the molecule is CCSc1cc(N)cnc1-c1cn2ncc(C(F)(F)F)cc2n1.CSC. The zero-order valence-corrected chi connectivity index (χ0v) is 16.0. The zero-order chi connectivity index (χ0) is 19.3. The molecule has 3 aromatic rings. The maximum absolute atomic E-state index is 12.7.